The predicted octanol–water partition coefficient (Wildman–Crippen LogP) is 4.36. The van der Waals surface area contributed by atoms with Crippen molar-refractivity contribution >= 4 is 40.9 Å². The molecule has 0 radical (unpaired) electrons. The van der Waals surface area contributed by atoms with E-state index in [4.69, 9.17) is 11.6 Å². The fourth-order valence-electron chi connectivity index (χ4n) is 3.86. The van der Waals surface area contributed by atoms with Crippen LogP contribution in [0.5, 0.6) is 0 Å². The molecule has 2 heterocycles. The van der Waals surface area contributed by atoms with E-state index in [1.807, 2.05) is 41.0 Å². The average molecular weight is 401 g/mol. The topological polar surface area (TPSA) is 40.6 Å². The minimum atomic E-state index is -0.253. The molecule has 140 valence electrons. The number of nitrogens with zero attached hydrogens (tertiary/aromatic N) is 2. The second-order valence-corrected chi connectivity index (χ2v) is 8.88. The monoisotopic (exact) mass is 400 g/mol. The number of piperidine rings is 1. The highest BCUT2D eigenvalue weighted by Gasteiger charge is 2.49. The van der Waals surface area contributed by atoms with E-state index >= 15 is 0 Å². The summed E-state index contributed by atoms with van der Waals surface area (Å²) < 4.78 is 0. The lowest BCUT2D eigenvalue weighted by atomic mass is 10.00. The van der Waals surface area contributed by atoms with Crippen molar-refractivity contribution in [1.29, 1.82) is 0 Å². The second kappa shape index (κ2) is 7.21. The molecule has 2 saturated heterocycles. The zero-order valence-electron chi connectivity index (χ0n) is 15.2. The number of aryl methyl sites for hydroxylation is 1. The summed E-state index contributed by atoms with van der Waals surface area (Å²) in [6.07, 6.45) is 1.53. The molecule has 0 N–H and O–H groups in total. The Labute approximate surface area is 168 Å². The highest BCUT2D eigenvalue weighted by molar-refractivity contribution is 8.02. The highest BCUT2D eigenvalue weighted by Crippen LogP contribution is 2.46. The van der Waals surface area contributed by atoms with Crippen molar-refractivity contribution in [1.82, 2.24) is 4.90 Å². The van der Waals surface area contributed by atoms with Crippen LogP contribution in [0.4, 0.5) is 5.69 Å². The van der Waals surface area contributed by atoms with Gasteiger partial charge in [-0.1, -0.05) is 35.4 Å². The quantitative estimate of drug-likeness (QED) is 0.751. The third-order valence-corrected chi connectivity index (χ3v) is 7.07. The number of likely N-dealkylation sites (tertiary alicyclic amines) is 1. The number of halogens is 1. The Morgan fingerprint density at radius 3 is 2.48 bits per heavy atom. The standard InChI is InChI=1S/C21H21ClN2O2S/c1-15-5-7-18(8-6-15)24-19(25)14-27-21(24)9-11-23(12-10-21)20(26)16-3-2-4-17(22)13-16/h2-8,13H,9-12,14H2,1H3. The Kier molecular flexibility index (Phi) is 4.91. The van der Waals surface area contributed by atoms with E-state index in [1.54, 1.807) is 36.0 Å². The highest BCUT2D eigenvalue weighted by atomic mass is 35.5. The van der Waals surface area contributed by atoms with Crippen LogP contribution in [0.2, 0.25) is 5.02 Å². The minimum absolute atomic E-state index is 0.00330. The Bertz CT molecular complexity index is 876. The lowest BCUT2D eigenvalue weighted by Crippen LogP contribution is -2.53. The first-order valence-corrected chi connectivity index (χ1v) is 10.4. The number of amides is 2. The van der Waals surface area contributed by atoms with Gasteiger partial charge in [0.05, 0.1) is 10.6 Å². The van der Waals surface area contributed by atoms with Crippen molar-refractivity contribution in [2.24, 2.45) is 0 Å². The van der Waals surface area contributed by atoms with E-state index < -0.39 is 0 Å². The molecule has 0 unspecified atom stereocenters. The van der Waals surface area contributed by atoms with Gasteiger partial charge in [0.15, 0.2) is 0 Å². The summed E-state index contributed by atoms with van der Waals surface area (Å²) in [5.41, 5.74) is 2.74. The summed E-state index contributed by atoms with van der Waals surface area (Å²) in [7, 11) is 0. The first kappa shape index (κ1) is 18.4. The van der Waals surface area contributed by atoms with E-state index in [0.29, 0.717) is 29.4 Å². The van der Waals surface area contributed by atoms with Gasteiger partial charge in [-0.3, -0.25) is 14.5 Å². The Balaban J connectivity index is 1.52. The van der Waals surface area contributed by atoms with Gasteiger partial charge in [0, 0.05) is 29.4 Å². The molecule has 27 heavy (non-hydrogen) atoms. The van der Waals surface area contributed by atoms with Crippen molar-refractivity contribution in [2.75, 3.05) is 23.7 Å². The number of carbonyl (C=O) groups excluding carboxylic acids is 2. The second-order valence-electron chi connectivity index (χ2n) is 7.10. The Morgan fingerprint density at radius 1 is 1.11 bits per heavy atom. The van der Waals surface area contributed by atoms with E-state index in [2.05, 4.69) is 0 Å². The van der Waals surface area contributed by atoms with Crippen molar-refractivity contribution < 1.29 is 9.59 Å². The molecular formula is C21H21ClN2O2S. The number of hydrogen-bond acceptors (Lipinski definition) is 3. The van der Waals surface area contributed by atoms with Crippen molar-refractivity contribution in [3.8, 4) is 0 Å². The molecule has 0 saturated carbocycles. The van der Waals surface area contributed by atoms with Crippen molar-refractivity contribution in [3.63, 3.8) is 0 Å². The van der Waals surface area contributed by atoms with Gasteiger partial charge >= 0.3 is 0 Å². The third-order valence-electron chi connectivity index (χ3n) is 5.32. The molecule has 2 aliphatic heterocycles. The maximum absolute atomic E-state index is 12.8. The van der Waals surface area contributed by atoms with Crippen LogP contribution in [0, 0.1) is 6.92 Å². The molecule has 2 fully saturated rings. The molecule has 2 aromatic rings. The third kappa shape index (κ3) is 3.46. The van der Waals surface area contributed by atoms with E-state index in [-0.39, 0.29) is 16.7 Å². The summed E-state index contributed by atoms with van der Waals surface area (Å²) in [6, 6.07) is 15.2. The van der Waals surface area contributed by atoms with E-state index in [1.165, 1.54) is 5.56 Å². The van der Waals surface area contributed by atoms with Gasteiger partial charge in [0.25, 0.3) is 5.91 Å². The van der Waals surface area contributed by atoms with Gasteiger partial charge < -0.3 is 4.90 Å². The van der Waals surface area contributed by atoms with Gasteiger partial charge in [-0.05, 0) is 50.1 Å². The number of hydrogen-bond donors (Lipinski definition) is 0. The molecular weight excluding hydrogens is 380 g/mol. The van der Waals surface area contributed by atoms with E-state index in [9.17, 15) is 9.59 Å². The molecule has 4 rings (SSSR count). The fourth-order valence-corrected chi connectivity index (χ4v) is 5.38. The zero-order valence-corrected chi connectivity index (χ0v) is 16.7. The normalized spacial score (nSPS) is 19.0. The summed E-state index contributed by atoms with van der Waals surface area (Å²) >= 11 is 7.73. The summed E-state index contributed by atoms with van der Waals surface area (Å²) in [5, 5.41) is 0.567. The molecule has 4 nitrogen and oxygen atoms in total. The smallest absolute Gasteiger partial charge is 0.253 e. The van der Waals surface area contributed by atoms with Crippen molar-refractivity contribution in [2.45, 2.75) is 24.6 Å². The average Bonchev–Trinajstić information content (AvgIpc) is 2.98. The lowest BCUT2D eigenvalue weighted by Gasteiger charge is -2.44. The Morgan fingerprint density at radius 2 is 1.81 bits per heavy atom. The van der Waals surface area contributed by atoms with Gasteiger partial charge in [-0.15, -0.1) is 11.8 Å². The Hall–Kier alpha value is -1.98. The number of anilines is 1. The number of carbonyl (C=O) groups is 2. The van der Waals surface area contributed by atoms with Crippen LogP contribution in [-0.4, -0.2) is 40.4 Å². The van der Waals surface area contributed by atoms with Gasteiger partial charge in [-0.25, -0.2) is 0 Å². The van der Waals surface area contributed by atoms with Crippen molar-refractivity contribution in [3.05, 3.63) is 64.7 Å². The number of benzene rings is 2. The van der Waals surface area contributed by atoms with Gasteiger partial charge in [0.2, 0.25) is 5.91 Å². The van der Waals surface area contributed by atoms with E-state index in [0.717, 1.165) is 18.5 Å². The molecule has 0 aliphatic carbocycles. The minimum Gasteiger partial charge on any atom is -0.338 e. The summed E-state index contributed by atoms with van der Waals surface area (Å²) in [6.45, 7) is 3.31. The van der Waals surface area contributed by atoms with Crippen LogP contribution < -0.4 is 4.90 Å². The molecule has 6 heteroatoms. The summed E-state index contributed by atoms with van der Waals surface area (Å²) in [4.78, 5) is 29.0. The maximum Gasteiger partial charge on any atom is 0.253 e. The molecule has 0 aromatic heterocycles. The molecule has 2 amide bonds. The largest absolute Gasteiger partial charge is 0.338 e. The first-order valence-electron chi connectivity index (χ1n) is 9.07. The number of thioether (sulfide) groups is 1. The van der Waals surface area contributed by atoms with Crippen LogP contribution in [-0.2, 0) is 4.79 Å². The maximum atomic E-state index is 12.8. The van der Waals surface area contributed by atoms with Gasteiger partial charge in [0.1, 0.15) is 0 Å². The molecule has 2 aliphatic rings. The predicted molar refractivity (Wildman–Crippen MR) is 110 cm³/mol. The van der Waals surface area contributed by atoms with Crippen LogP contribution >= 0.6 is 23.4 Å². The van der Waals surface area contributed by atoms with Crippen LogP contribution in [0.3, 0.4) is 0 Å². The first-order chi connectivity index (χ1) is 13.0. The zero-order chi connectivity index (χ0) is 19.0. The molecule has 0 atom stereocenters. The van der Waals surface area contributed by atoms with Crippen LogP contribution in [0.15, 0.2) is 48.5 Å². The molecule has 2 aromatic carbocycles. The van der Waals surface area contributed by atoms with Crippen LogP contribution in [0.25, 0.3) is 0 Å². The number of rotatable bonds is 2. The molecule has 1 spiro atoms. The van der Waals surface area contributed by atoms with Crippen LogP contribution in [0.1, 0.15) is 28.8 Å². The SMILES string of the molecule is Cc1ccc(N2C(=O)CSC23CCN(C(=O)c2cccc(Cl)c2)CC3)cc1. The lowest BCUT2D eigenvalue weighted by molar-refractivity contribution is -0.116. The van der Waals surface area contributed by atoms with Gasteiger partial charge in [-0.2, -0.15) is 0 Å². The molecule has 0 bridgehead atoms. The summed E-state index contributed by atoms with van der Waals surface area (Å²) in [5.74, 6) is 0.651. The fraction of sp³-hybridized carbons (Fsp3) is 0.333.